The summed E-state index contributed by atoms with van der Waals surface area (Å²) in [5, 5.41) is 27.3. The molecule has 0 saturated heterocycles. The van der Waals surface area contributed by atoms with Crippen molar-refractivity contribution < 1.29 is 0 Å². The summed E-state index contributed by atoms with van der Waals surface area (Å²) in [5.74, 6) is 0. The SMILES string of the molecule is Cn1cc2ccc3c(-c4ccc5sc6ccccc6c5c4)cc4cc5c(cc(-c6ccc7sc8ccccc8c7c6)c6ccc7cn(C)nc7c65)cc4c3c2n1. The molecular formula is C50H30N4S2. The van der Waals surface area contributed by atoms with Crippen LogP contribution in [0.4, 0.5) is 0 Å². The topological polar surface area (TPSA) is 35.6 Å². The van der Waals surface area contributed by atoms with Crippen molar-refractivity contribution in [2.45, 2.75) is 0 Å². The first kappa shape index (κ1) is 30.7. The van der Waals surface area contributed by atoms with Crippen molar-refractivity contribution >= 4 is 128 Å². The minimum Gasteiger partial charge on any atom is -0.275 e. The molecule has 4 aromatic heterocycles. The number of nitrogens with zero attached hydrogens (tertiary/aromatic N) is 4. The number of benzene rings is 9. The highest BCUT2D eigenvalue weighted by Gasteiger charge is 2.19. The Labute approximate surface area is 328 Å². The molecule has 4 nitrogen and oxygen atoms in total. The average Bonchev–Trinajstić information content (AvgIpc) is 4.00. The molecule has 0 spiro atoms. The van der Waals surface area contributed by atoms with E-state index in [-0.39, 0.29) is 0 Å². The second-order valence-electron chi connectivity index (χ2n) is 15.2. The third-order valence-corrected chi connectivity index (χ3v) is 14.2. The standard InChI is InChI=1S/C50H30N4S2/c1-53-25-29-11-15-35-37(27-13-17-45-41(19-27)33-7-3-5-9-43(33)55-45)21-31-24-40-32(23-39(31)47(35)49(29)51-53)22-38(36-16-12-30-26-54(2)52-50(30)48(36)40)28-14-18-46-42(20-28)34-8-4-6-10-44(34)56-46/h3-26H,1-2H3. The van der Waals surface area contributed by atoms with Crippen LogP contribution < -0.4 is 0 Å². The van der Waals surface area contributed by atoms with E-state index in [9.17, 15) is 0 Å². The van der Waals surface area contributed by atoms with Gasteiger partial charge in [-0.2, -0.15) is 10.2 Å². The van der Waals surface area contributed by atoms with E-state index >= 15 is 0 Å². The molecule has 4 heterocycles. The summed E-state index contributed by atoms with van der Waals surface area (Å²) in [5.41, 5.74) is 6.93. The van der Waals surface area contributed by atoms with Crippen molar-refractivity contribution in [1.29, 1.82) is 0 Å². The Morgan fingerprint density at radius 2 is 0.821 bits per heavy atom. The predicted molar refractivity (Wildman–Crippen MR) is 242 cm³/mol. The van der Waals surface area contributed by atoms with Gasteiger partial charge in [-0.05, 0) is 115 Å². The number of aryl methyl sites for hydroxylation is 2. The van der Waals surface area contributed by atoms with Gasteiger partial charge in [-0.15, -0.1) is 22.7 Å². The molecule has 6 heteroatoms. The van der Waals surface area contributed by atoms with E-state index in [1.165, 1.54) is 106 Å². The molecule has 0 aliphatic carbocycles. The largest absolute Gasteiger partial charge is 0.275 e. The highest BCUT2D eigenvalue weighted by molar-refractivity contribution is 7.26. The fraction of sp³-hybridized carbons (Fsp3) is 0.0400. The zero-order chi connectivity index (χ0) is 36.8. The van der Waals surface area contributed by atoms with Crippen LogP contribution in [0.1, 0.15) is 0 Å². The maximum atomic E-state index is 5.10. The van der Waals surface area contributed by atoms with Gasteiger partial charge in [-0.3, -0.25) is 9.36 Å². The van der Waals surface area contributed by atoms with Crippen LogP contribution in [0.3, 0.4) is 0 Å². The summed E-state index contributed by atoms with van der Waals surface area (Å²) in [6.45, 7) is 0. The Morgan fingerprint density at radius 1 is 0.375 bits per heavy atom. The highest BCUT2D eigenvalue weighted by atomic mass is 32.1. The average molecular weight is 751 g/mol. The summed E-state index contributed by atoms with van der Waals surface area (Å²) in [6, 6.07) is 50.2. The van der Waals surface area contributed by atoms with Crippen LogP contribution in [0.25, 0.3) is 127 Å². The van der Waals surface area contributed by atoms with Gasteiger partial charge in [0.25, 0.3) is 0 Å². The molecule has 0 fully saturated rings. The number of thiophene rings is 2. The molecule has 0 aliphatic rings. The quantitative estimate of drug-likeness (QED) is 0.130. The lowest BCUT2D eigenvalue weighted by Gasteiger charge is -2.16. The number of hydrogen-bond donors (Lipinski definition) is 0. The molecule has 0 atom stereocenters. The molecule has 0 radical (unpaired) electrons. The van der Waals surface area contributed by atoms with E-state index in [2.05, 4.69) is 146 Å². The van der Waals surface area contributed by atoms with Crippen LogP contribution in [-0.2, 0) is 14.1 Å². The van der Waals surface area contributed by atoms with Gasteiger partial charge in [0.05, 0.1) is 0 Å². The molecule has 56 heavy (non-hydrogen) atoms. The molecule has 0 N–H and O–H groups in total. The van der Waals surface area contributed by atoms with Crippen molar-refractivity contribution in [2.24, 2.45) is 14.1 Å². The third-order valence-electron chi connectivity index (χ3n) is 11.9. The van der Waals surface area contributed by atoms with E-state index in [0.29, 0.717) is 0 Å². The normalized spacial score (nSPS) is 12.5. The molecule has 0 saturated carbocycles. The molecule has 0 amide bonds. The van der Waals surface area contributed by atoms with E-state index in [1.54, 1.807) is 0 Å². The van der Waals surface area contributed by atoms with E-state index in [0.717, 1.165) is 21.8 Å². The number of aromatic nitrogens is 4. The van der Waals surface area contributed by atoms with E-state index in [1.807, 2.05) is 46.1 Å². The Kier molecular flexibility index (Phi) is 6.03. The van der Waals surface area contributed by atoms with Crippen molar-refractivity contribution in [3.05, 3.63) is 146 Å². The summed E-state index contributed by atoms with van der Waals surface area (Å²) < 4.78 is 9.15. The van der Waals surface area contributed by atoms with Gasteiger partial charge in [0.1, 0.15) is 11.0 Å². The fourth-order valence-corrected chi connectivity index (χ4v) is 11.6. The molecule has 0 bridgehead atoms. The van der Waals surface area contributed by atoms with Gasteiger partial charge in [0, 0.05) is 88.4 Å². The van der Waals surface area contributed by atoms with Crippen molar-refractivity contribution in [3.63, 3.8) is 0 Å². The molecule has 13 rings (SSSR count). The lowest BCUT2D eigenvalue weighted by atomic mass is 9.87. The summed E-state index contributed by atoms with van der Waals surface area (Å²) in [7, 11) is 4.04. The first-order chi connectivity index (χ1) is 27.5. The molecule has 9 aromatic carbocycles. The van der Waals surface area contributed by atoms with Crippen LogP contribution in [0.15, 0.2) is 146 Å². The van der Waals surface area contributed by atoms with Crippen molar-refractivity contribution in [2.75, 3.05) is 0 Å². The van der Waals surface area contributed by atoms with Gasteiger partial charge >= 0.3 is 0 Å². The van der Waals surface area contributed by atoms with E-state index < -0.39 is 0 Å². The Balaban J connectivity index is 1.16. The zero-order valence-electron chi connectivity index (χ0n) is 30.5. The summed E-state index contributed by atoms with van der Waals surface area (Å²) >= 11 is 3.72. The molecule has 13 aromatic rings. The highest BCUT2D eigenvalue weighted by Crippen LogP contribution is 2.46. The van der Waals surface area contributed by atoms with Gasteiger partial charge in [-0.25, -0.2) is 0 Å². The van der Waals surface area contributed by atoms with Gasteiger partial charge < -0.3 is 0 Å². The molecule has 0 unspecified atom stereocenters. The zero-order valence-corrected chi connectivity index (χ0v) is 32.1. The maximum absolute atomic E-state index is 5.10. The van der Waals surface area contributed by atoms with E-state index in [4.69, 9.17) is 10.2 Å². The van der Waals surface area contributed by atoms with Crippen LogP contribution in [0.2, 0.25) is 0 Å². The van der Waals surface area contributed by atoms with Gasteiger partial charge in [0.15, 0.2) is 0 Å². The number of rotatable bonds is 2. The molecular weight excluding hydrogens is 721 g/mol. The van der Waals surface area contributed by atoms with Crippen LogP contribution in [0, 0.1) is 0 Å². The van der Waals surface area contributed by atoms with Gasteiger partial charge in [-0.1, -0.05) is 72.8 Å². The maximum Gasteiger partial charge on any atom is 0.101 e. The van der Waals surface area contributed by atoms with Crippen molar-refractivity contribution in [3.8, 4) is 22.3 Å². The summed E-state index contributed by atoms with van der Waals surface area (Å²) in [6.07, 6.45) is 4.26. The smallest absolute Gasteiger partial charge is 0.101 e. The Bertz CT molecular complexity index is 3600. The summed E-state index contributed by atoms with van der Waals surface area (Å²) in [4.78, 5) is 0. The lowest BCUT2D eigenvalue weighted by Crippen LogP contribution is -1.91. The minimum atomic E-state index is 1.03. The predicted octanol–water partition coefficient (Wildman–Crippen LogP) is 14.1. The van der Waals surface area contributed by atoms with Crippen molar-refractivity contribution in [1.82, 2.24) is 19.6 Å². The molecule has 262 valence electrons. The monoisotopic (exact) mass is 750 g/mol. The molecule has 0 aliphatic heterocycles. The minimum absolute atomic E-state index is 1.03. The van der Waals surface area contributed by atoms with Gasteiger partial charge in [0.2, 0.25) is 0 Å². The Hall–Kier alpha value is -6.60. The first-order valence-electron chi connectivity index (χ1n) is 18.9. The Morgan fingerprint density at radius 3 is 1.30 bits per heavy atom. The lowest BCUT2D eigenvalue weighted by molar-refractivity contribution is 0.780. The number of fused-ring (bicyclic) bond motifs is 16. The van der Waals surface area contributed by atoms with Crippen LogP contribution >= 0.6 is 22.7 Å². The second-order valence-corrected chi connectivity index (χ2v) is 17.4. The van der Waals surface area contributed by atoms with Crippen LogP contribution in [0.5, 0.6) is 0 Å². The third kappa shape index (κ3) is 4.23. The first-order valence-corrected chi connectivity index (χ1v) is 20.5. The van der Waals surface area contributed by atoms with Crippen LogP contribution in [-0.4, -0.2) is 19.6 Å². The second kappa shape index (κ2) is 11.0. The number of hydrogen-bond acceptors (Lipinski definition) is 4. The fourth-order valence-electron chi connectivity index (χ4n) is 9.44.